The highest BCUT2D eigenvalue weighted by Crippen LogP contribution is 2.06. The predicted octanol–water partition coefficient (Wildman–Crippen LogP) is 2.43. The quantitative estimate of drug-likeness (QED) is 0.641. The largest absolute Gasteiger partial charge is 0.477 e. The maximum atomic E-state index is 11.5. The van der Waals surface area contributed by atoms with Crippen LogP contribution in [0.1, 0.15) is 29.8 Å². The van der Waals surface area contributed by atoms with Crippen LogP contribution in [0.5, 0.6) is 0 Å². The molecule has 7 heteroatoms. The molecule has 3 N–H and O–H groups in total. The Hall–Kier alpha value is -1.76. The fourth-order valence-electron chi connectivity index (χ4n) is 1.52. The van der Waals surface area contributed by atoms with E-state index in [0.29, 0.717) is 12.2 Å². The Morgan fingerprint density at radius 1 is 1.30 bits per heavy atom. The van der Waals surface area contributed by atoms with Gasteiger partial charge in [0.1, 0.15) is 5.69 Å². The maximum absolute atomic E-state index is 11.5. The van der Waals surface area contributed by atoms with E-state index in [0.717, 1.165) is 25.0 Å². The summed E-state index contributed by atoms with van der Waals surface area (Å²) >= 11 is 1.82. The van der Waals surface area contributed by atoms with E-state index in [9.17, 15) is 9.59 Å². The van der Waals surface area contributed by atoms with Crippen LogP contribution < -0.4 is 10.6 Å². The SMILES string of the molecule is CSCCCCCNC(=O)Nc1ccc(C(=O)O)nc1. The number of carbonyl (C=O) groups is 2. The summed E-state index contributed by atoms with van der Waals surface area (Å²) in [5.74, 6) is 0.0552. The van der Waals surface area contributed by atoms with Crippen molar-refractivity contribution in [2.24, 2.45) is 0 Å². The van der Waals surface area contributed by atoms with Gasteiger partial charge in [-0.15, -0.1) is 0 Å². The molecule has 2 amide bonds. The standard InChI is InChI=1S/C13H19N3O3S/c1-20-8-4-2-3-7-14-13(19)16-10-5-6-11(12(17)18)15-9-10/h5-6,9H,2-4,7-8H2,1H3,(H,17,18)(H2,14,16,19). The lowest BCUT2D eigenvalue weighted by Crippen LogP contribution is -2.29. The lowest BCUT2D eigenvalue weighted by Gasteiger charge is -2.07. The Balaban J connectivity index is 2.23. The number of pyridine rings is 1. The van der Waals surface area contributed by atoms with Gasteiger partial charge in [0.25, 0.3) is 0 Å². The van der Waals surface area contributed by atoms with Crippen molar-refractivity contribution < 1.29 is 14.7 Å². The van der Waals surface area contributed by atoms with Crippen LogP contribution in [-0.4, -0.2) is 40.6 Å². The number of nitrogens with zero attached hydrogens (tertiary/aromatic N) is 1. The molecule has 0 atom stereocenters. The highest BCUT2D eigenvalue weighted by molar-refractivity contribution is 7.98. The number of carboxylic acid groups (broad SMARTS) is 1. The van der Waals surface area contributed by atoms with Crippen molar-refractivity contribution in [2.75, 3.05) is 23.9 Å². The third kappa shape index (κ3) is 6.42. The number of carbonyl (C=O) groups excluding carboxylic acids is 1. The summed E-state index contributed by atoms with van der Waals surface area (Å²) < 4.78 is 0. The van der Waals surface area contributed by atoms with E-state index >= 15 is 0 Å². The zero-order valence-corrected chi connectivity index (χ0v) is 12.2. The highest BCUT2D eigenvalue weighted by atomic mass is 32.2. The van der Waals surface area contributed by atoms with E-state index in [-0.39, 0.29) is 11.7 Å². The number of amides is 2. The number of rotatable bonds is 8. The molecule has 1 heterocycles. The Kier molecular flexibility index (Phi) is 7.49. The molecule has 0 aliphatic rings. The number of anilines is 1. The van der Waals surface area contributed by atoms with Gasteiger partial charge in [-0.25, -0.2) is 14.6 Å². The van der Waals surface area contributed by atoms with Gasteiger partial charge < -0.3 is 15.7 Å². The summed E-state index contributed by atoms with van der Waals surface area (Å²) in [6.45, 7) is 0.626. The van der Waals surface area contributed by atoms with Gasteiger partial charge in [-0.2, -0.15) is 11.8 Å². The normalized spacial score (nSPS) is 10.1. The molecule has 0 aliphatic carbocycles. The van der Waals surface area contributed by atoms with E-state index in [2.05, 4.69) is 21.9 Å². The number of unbranched alkanes of at least 4 members (excludes halogenated alkanes) is 2. The first-order chi connectivity index (χ1) is 9.63. The average molecular weight is 297 g/mol. The number of thioether (sulfide) groups is 1. The topological polar surface area (TPSA) is 91.3 Å². The van der Waals surface area contributed by atoms with Gasteiger partial charge in [0.2, 0.25) is 0 Å². The minimum Gasteiger partial charge on any atom is -0.477 e. The molecule has 0 aromatic carbocycles. The average Bonchev–Trinajstić information content (AvgIpc) is 2.43. The monoisotopic (exact) mass is 297 g/mol. The van der Waals surface area contributed by atoms with Crippen molar-refractivity contribution >= 4 is 29.4 Å². The number of aromatic carboxylic acids is 1. The number of hydrogen-bond acceptors (Lipinski definition) is 4. The van der Waals surface area contributed by atoms with Crippen molar-refractivity contribution in [3.05, 3.63) is 24.0 Å². The molecule has 0 saturated carbocycles. The minimum atomic E-state index is -1.09. The Bertz CT molecular complexity index is 437. The maximum Gasteiger partial charge on any atom is 0.354 e. The Morgan fingerprint density at radius 2 is 2.10 bits per heavy atom. The highest BCUT2D eigenvalue weighted by Gasteiger charge is 2.05. The zero-order chi connectivity index (χ0) is 14.8. The van der Waals surface area contributed by atoms with Gasteiger partial charge in [0.15, 0.2) is 0 Å². The second-order valence-electron chi connectivity index (χ2n) is 4.17. The molecule has 6 nitrogen and oxygen atoms in total. The summed E-state index contributed by atoms with van der Waals surface area (Å²) in [6, 6.07) is 2.55. The number of aromatic nitrogens is 1. The van der Waals surface area contributed by atoms with Gasteiger partial charge in [-0.3, -0.25) is 0 Å². The lowest BCUT2D eigenvalue weighted by atomic mass is 10.2. The molecular formula is C13H19N3O3S. The summed E-state index contributed by atoms with van der Waals surface area (Å²) in [5, 5.41) is 14.0. The van der Waals surface area contributed by atoms with Crippen LogP contribution in [0.4, 0.5) is 10.5 Å². The fourth-order valence-corrected chi connectivity index (χ4v) is 2.01. The van der Waals surface area contributed by atoms with Crippen LogP contribution in [0.15, 0.2) is 18.3 Å². The number of urea groups is 1. The van der Waals surface area contributed by atoms with E-state index in [1.165, 1.54) is 18.3 Å². The van der Waals surface area contributed by atoms with Gasteiger partial charge in [0.05, 0.1) is 11.9 Å². The van der Waals surface area contributed by atoms with Crippen molar-refractivity contribution in [3.63, 3.8) is 0 Å². The van der Waals surface area contributed by atoms with Crippen LogP contribution in [0, 0.1) is 0 Å². The van der Waals surface area contributed by atoms with Gasteiger partial charge in [-0.05, 0) is 37.0 Å². The van der Waals surface area contributed by atoms with Gasteiger partial charge in [-0.1, -0.05) is 6.42 Å². The van der Waals surface area contributed by atoms with Gasteiger partial charge >= 0.3 is 12.0 Å². The number of nitrogens with one attached hydrogen (secondary N) is 2. The summed E-state index contributed by atoms with van der Waals surface area (Å²) in [4.78, 5) is 25.9. The molecular weight excluding hydrogens is 278 g/mol. The molecule has 20 heavy (non-hydrogen) atoms. The Morgan fingerprint density at radius 3 is 2.70 bits per heavy atom. The molecule has 1 rings (SSSR count). The number of carboxylic acids is 1. The molecule has 0 fully saturated rings. The third-order valence-corrected chi connectivity index (χ3v) is 3.25. The molecule has 110 valence electrons. The number of hydrogen-bond donors (Lipinski definition) is 3. The van der Waals surface area contributed by atoms with E-state index in [1.54, 1.807) is 0 Å². The summed E-state index contributed by atoms with van der Waals surface area (Å²) in [5.41, 5.74) is 0.416. The van der Waals surface area contributed by atoms with Crippen molar-refractivity contribution in [2.45, 2.75) is 19.3 Å². The van der Waals surface area contributed by atoms with E-state index < -0.39 is 5.97 Å². The molecule has 0 radical (unpaired) electrons. The molecule has 0 bridgehead atoms. The first kappa shape index (κ1) is 16.3. The van der Waals surface area contributed by atoms with Crippen LogP contribution in [0.3, 0.4) is 0 Å². The fraction of sp³-hybridized carbons (Fsp3) is 0.462. The van der Waals surface area contributed by atoms with Crippen molar-refractivity contribution in [1.82, 2.24) is 10.3 Å². The van der Waals surface area contributed by atoms with Crippen LogP contribution in [0.2, 0.25) is 0 Å². The van der Waals surface area contributed by atoms with Crippen molar-refractivity contribution in [3.8, 4) is 0 Å². The molecule has 0 spiro atoms. The molecule has 0 saturated heterocycles. The van der Waals surface area contributed by atoms with E-state index in [1.807, 2.05) is 11.8 Å². The molecule has 1 aromatic heterocycles. The van der Waals surface area contributed by atoms with Crippen LogP contribution in [-0.2, 0) is 0 Å². The second-order valence-corrected chi connectivity index (χ2v) is 5.16. The smallest absolute Gasteiger partial charge is 0.354 e. The van der Waals surface area contributed by atoms with Gasteiger partial charge in [0, 0.05) is 6.54 Å². The minimum absolute atomic E-state index is 0.0512. The van der Waals surface area contributed by atoms with Crippen LogP contribution in [0.25, 0.3) is 0 Å². The predicted molar refractivity (Wildman–Crippen MR) is 80.5 cm³/mol. The zero-order valence-electron chi connectivity index (χ0n) is 11.4. The first-order valence-corrected chi connectivity index (χ1v) is 7.76. The van der Waals surface area contributed by atoms with Crippen LogP contribution >= 0.6 is 11.8 Å². The Labute approximate surface area is 122 Å². The second kappa shape index (κ2) is 9.19. The first-order valence-electron chi connectivity index (χ1n) is 6.36. The summed E-state index contributed by atoms with van der Waals surface area (Å²) in [7, 11) is 0. The molecule has 1 aromatic rings. The molecule has 0 aliphatic heterocycles. The molecule has 0 unspecified atom stereocenters. The lowest BCUT2D eigenvalue weighted by molar-refractivity contribution is 0.0690. The van der Waals surface area contributed by atoms with E-state index in [4.69, 9.17) is 5.11 Å². The summed E-state index contributed by atoms with van der Waals surface area (Å²) in [6.07, 6.45) is 6.60. The van der Waals surface area contributed by atoms with Crippen molar-refractivity contribution in [1.29, 1.82) is 0 Å². The third-order valence-electron chi connectivity index (χ3n) is 2.55.